The Bertz CT molecular complexity index is 546. The van der Waals surface area contributed by atoms with Gasteiger partial charge in [-0.1, -0.05) is 34.1 Å². The quantitative estimate of drug-likeness (QED) is 0.825. The van der Waals surface area contributed by atoms with Gasteiger partial charge < -0.3 is 5.32 Å². The summed E-state index contributed by atoms with van der Waals surface area (Å²) in [5, 5.41) is 4.92. The van der Waals surface area contributed by atoms with Crippen LogP contribution in [0.3, 0.4) is 0 Å². The monoisotopic (exact) mass is 335 g/mol. The third-order valence-electron chi connectivity index (χ3n) is 2.55. The average molecular weight is 336 g/mol. The van der Waals surface area contributed by atoms with Crippen LogP contribution < -0.4 is 5.32 Å². The molecule has 0 aliphatic heterocycles. The molecular weight excluding hydrogens is 322 g/mol. The number of hydrogen-bond acceptors (Lipinski definition) is 2. The number of hydrogen-bond donors (Lipinski definition) is 1. The molecule has 1 N–H and O–H groups in total. The first-order chi connectivity index (χ1) is 9.24. The molecule has 0 fully saturated rings. The van der Waals surface area contributed by atoms with Crippen molar-refractivity contribution < 1.29 is 4.79 Å². The second-order valence-corrected chi connectivity index (χ2v) is 5.95. The Morgan fingerprint density at radius 3 is 2.74 bits per heavy atom. The van der Waals surface area contributed by atoms with Crippen molar-refractivity contribution in [2.75, 3.05) is 6.54 Å². The molecular formula is C15H14BrNOS. The van der Waals surface area contributed by atoms with Gasteiger partial charge in [0.25, 0.3) is 0 Å². The van der Waals surface area contributed by atoms with Crippen LogP contribution in [0.5, 0.6) is 0 Å². The molecule has 2 rings (SSSR count). The van der Waals surface area contributed by atoms with E-state index in [1.54, 1.807) is 17.4 Å². The van der Waals surface area contributed by atoms with Crippen LogP contribution in [0.4, 0.5) is 0 Å². The van der Waals surface area contributed by atoms with Crippen LogP contribution in [0.15, 0.2) is 52.3 Å². The Hall–Kier alpha value is -1.39. The zero-order valence-electron chi connectivity index (χ0n) is 10.3. The van der Waals surface area contributed by atoms with Crippen molar-refractivity contribution in [3.63, 3.8) is 0 Å². The molecule has 0 aliphatic rings. The smallest absolute Gasteiger partial charge is 0.244 e. The lowest BCUT2D eigenvalue weighted by molar-refractivity contribution is -0.116. The largest absolute Gasteiger partial charge is 0.352 e. The van der Waals surface area contributed by atoms with E-state index >= 15 is 0 Å². The van der Waals surface area contributed by atoms with Gasteiger partial charge in [0.15, 0.2) is 0 Å². The highest BCUT2D eigenvalue weighted by molar-refractivity contribution is 9.10. The molecule has 0 atom stereocenters. The number of rotatable bonds is 5. The normalized spacial score (nSPS) is 10.8. The van der Waals surface area contributed by atoms with Gasteiger partial charge in [-0.25, -0.2) is 0 Å². The molecule has 2 aromatic rings. The molecule has 0 unspecified atom stereocenters. The number of carbonyl (C=O) groups excluding carboxylic acids is 1. The van der Waals surface area contributed by atoms with Gasteiger partial charge in [-0.3, -0.25) is 4.79 Å². The molecule has 0 saturated carbocycles. The van der Waals surface area contributed by atoms with Crippen molar-refractivity contribution in [3.8, 4) is 0 Å². The highest BCUT2D eigenvalue weighted by atomic mass is 79.9. The summed E-state index contributed by atoms with van der Waals surface area (Å²) in [5.41, 5.74) is 1.01. The van der Waals surface area contributed by atoms with Crippen LogP contribution in [-0.2, 0) is 11.2 Å². The molecule has 0 bridgehead atoms. The van der Waals surface area contributed by atoms with Crippen molar-refractivity contribution in [1.29, 1.82) is 0 Å². The van der Waals surface area contributed by atoms with Gasteiger partial charge in [-0.15, -0.1) is 11.3 Å². The molecule has 0 aliphatic carbocycles. The van der Waals surface area contributed by atoms with Gasteiger partial charge in [0, 0.05) is 22.0 Å². The summed E-state index contributed by atoms with van der Waals surface area (Å²) >= 11 is 5.09. The predicted molar refractivity (Wildman–Crippen MR) is 84.2 cm³/mol. The van der Waals surface area contributed by atoms with Crippen LogP contribution in [0, 0.1) is 0 Å². The van der Waals surface area contributed by atoms with Crippen LogP contribution in [-0.4, -0.2) is 12.5 Å². The molecule has 2 nitrogen and oxygen atoms in total. The molecule has 0 radical (unpaired) electrons. The lowest BCUT2D eigenvalue weighted by Gasteiger charge is -2.00. The predicted octanol–water partition coefficient (Wildman–Crippen LogP) is 3.88. The van der Waals surface area contributed by atoms with Gasteiger partial charge in [-0.2, -0.15) is 0 Å². The van der Waals surface area contributed by atoms with Crippen LogP contribution in [0.2, 0.25) is 0 Å². The van der Waals surface area contributed by atoms with E-state index in [1.807, 2.05) is 41.8 Å². The Kier molecular flexibility index (Phi) is 5.36. The summed E-state index contributed by atoms with van der Waals surface area (Å²) in [5.74, 6) is -0.0560. The summed E-state index contributed by atoms with van der Waals surface area (Å²) < 4.78 is 1.03. The molecule has 4 heteroatoms. The van der Waals surface area contributed by atoms with E-state index in [-0.39, 0.29) is 5.91 Å². The fourth-order valence-electron chi connectivity index (χ4n) is 1.57. The molecule has 0 spiro atoms. The maximum absolute atomic E-state index is 11.6. The fourth-order valence-corrected chi connectivity index (χ4v) is 2.54. The number of thiophene rings is 1. The Morgan fingerprint density at radius 2 is 2.05 bits per heavy atom. The SMILES string of the molecule is O=C(C=Cc1ccc(Br)cc1)NCCc1cccs1. The van der Waals surface area contributed by atoms with Crippen LogP contribution in [0.25, 0.3) is 6.08 Å². The van der Waals surface area contributed by atoms with E-state index in [4.69, 9.17) is 0 Å². The topological polar surface area (TPSA) is 29.1 Å². The minimum absolute atomic E-state index is 0.0560. The van der Waals surface area contributed by atoms with Crippen molar-refractivity contribution >= 4 is 39.2 Å². The standard InChI is InChI=1S/C15H14BrNOS/c16-13-6-3-12(4-7-13)5-8-15(18)17-10-9-14-2-1-11-19-14/h1-8,11H,9-10H2,(H,17,18). The second-order valence-electron chi connectivity index (χ2n) is 4.01. The molecule has 19 heavy (non-hydrogen) atoms. The zero-order valence-corrected chi connectivity index (χ0v) is 12.7. The van der Waals surface area contributed by atoms with E-state index in [2.05, 4.69) is 27.3 Å². The van der Waals surface area contributed by atoms with Crippen molar-refractivity contribution in [2.45, 2.75) is 6.42 Å². The number of carbonyl (C=O) groups is 1. The van der Waals surface area contributed by atoms with Gasteiger partial charge in [0.05, 0.1) is 0 Å². The lowest BCUT2D eigenvalue weighted by atomic mass is 10.2. The van der Waals surface area contributed by atoms with Crippen LogP contribution >= 0.6 is 27.3 Å². The highest BCUT2D eigenvalue weighted by Gasteiger charge is 1.97. The minimum atomic E-state index is -0.0560. The number of halogens is 1. The van der Waals surface area contributed by atoms with Crippen LogP contribution in [0.1, 0.15) is 10.4 Å². The van der Waals surface area contributed by atoms with E-state index < -0.39 is 0 Å². The summed E-state index contributed by atoms with van der Waals surface area (Å²) in [6.07, 6.45) is 4.26. The molecule has 98 valence electrons. The molecule has 0 saturated heterocycles. The number of amides is 1. The molecule has 1 amide bonds. The minimum Gasteiger partial charge on any atom is -0.352 e. The zero-order chi connectivity index (χ0) is 13.5. The first kappa shape index (κ1) is 14.0. The number of benzene rings is 1. The van der Waals surface area contributed by atoms with Gasteiger partial charge in [0.1, 0.15) is 0 Å². The van der Waals surface area contributed by atoms with Gasteiger partial charge in [0.2, 0.25) is 5.91 Å². The summed E-state index contributed by atoms with van der Waals surface area (Å²) in [6, 6.07) is 11.9. The van der Waals surface area contributed by atoms with E-state index in [0.717, 1.165) is 16.5 Å². The Labute approximate surface area is 125 Å². The fraction of sp³-hybridized carbons (Fsp3) is 0.133. The highest BCUT2D eigenvalue weighted by Crippen LogP contribution is 2.11. The molecule has 1 heterocycles. The lowest BCUT2D eigenvalue weighted by Crippen LogP contribution is -2.23. The number of nitrogens with one attached hydrogen (secondary N) is 1. The first-order valence-corrected chi connectivity index (χ1v) is 7.65. The molecule has 1 aromatic carbocycles. The Morgan fingerprint density at radius 1 is 1.26 bits per heavy atom. The second kappa shape index (κ2) is 7.26. The summed E-state index contributed by atoms with van der Waals surface area (Å²) in [4.78, 5) is 12.9. The summed E-state index contributed by atoms with van der Waals surface area (Å²) in [7, 11) is 0. The van der Waals surface area contributed by atoms with Gasteiger partial charge in [-0.05, 0) is 41.6 Å². The van der Waals surface area contributed by atoms with E-state index in [9.17, 15) is 4.79 Å². The first-order valence-electron chi connectivity index (χ1n) is 5.98. The summed E-state index contributed by atoms with van der Waals surface area (Å²) in [6.45, 7) is 0.671. The third-order valence-corrected chi connectivity index (χ3v) is 4.01. The molecule has 1 aromatic heterocycles. The van der Waals surface area contributed by atoms with Crippen molar-refractivity contribution in [2.24, 2.45) is 0 Å². The van der Waals surface area contributed by atoms with Crippen molar-refractivity contribution in [3.05, 3.63) is 62.8 Å². The average Bonchev–Trinajstić information content (AvgIpc) is 2.91. The van der Waals surface area contributed by atoms with Gasteiger partial charge >= 0.3 is 0 Å². The van der Waals surface area contributed by atoms with Crippen molar-refractivity contribution in [1.82, 2.24) is 5.32 Å². The Balaban J connectivity index is 1.76. The van der Waals surface area contributed by atoms with E-state index in [1.165, 1.54) is 4.88 Å². The third kappa shape index (κ3) is 5.01. The maximum Gasteiger partial charge on any atom is 0.244 e. The maximum atomic E-state index is 11.6. The van der Waals surface area contributed by atoms with E-state index in [0.29, 0.717) is 6.54 Å².